The molecule has 0 radical (unpaired) electrons. The molecule has 2 atom stereocenters. The largest absolute Gasteiger partial charge is 0.547 e. The van der Waals surface area contributed by atoms with Crippen LogP contribution in [0.3, 0.4) is 0 Å². The topological polar surface area (TPSA) is 136 Å². The number of hydrogen-bond donors (Lipinski definition) is 4. The number of aromatic carboxylic acids is 1. The van der Waals surface area contributed by atoms with Crippen molar-refractivity contribution in [3.05, 3.63) is 64.7 Å². The summed E-state index contributed by atoms with van der Waals surface area (Å²) in [6.45, 7) is 1.97. The highest BCUT2D eigenvalue weighted by molar-refractivity contribution is 6.47. The number of amides is 1. The number of carbonyl (C=O) groups is 3. The van der Waals surface area contributed by atoms with E-state index in [2.05, 4.69) is 10.2 Å². The van der Waals surface area contributed by atoms with Crippen molar-refractivity contribution in [2.24, 2.45) is 5.92 Å². The summed E-state index contributed by atoms with van der Waals surface area (Å²) < 4.78 is 5.42. The molecule has 4 N–H and O–H groups in total. The maximum Gasteiger partial charge on any atom is 0.547 e. The first-order valence-electron chi connectivity index (χ1n) is 10.9. The van der Waals surface area contributed by atoms with Gasteiger partial charge in [-0.3, -0.25) is 14.5 Å². The van der Waals surface area contributed by atoms with Gasteiger partial charge in [0.2, 0.25) is 0 Å². The van der Waals surface area contributed by atoms with Gasteiger partial charge in [0.1, 0.15) is 5.75 Å². The summed E-state index contributed by atoms with van der Waals surface area (Å²) >= 11 is 0. The molecule has 2 heterocycles. The molecule has 2 aromatic rings. The number of rotatable bonds is 6. The molecule has 2 aromatic carbocycles. The maximum absolute atomic E-state index is 12.7. The van der Waals surface area contributed by atoms with E-state index < -0.39 is 25.0 Å². The molecule has 10 heteroatoms. The third kappa shape index (κ3) is 5.18. The molecule has 9 nitrogen and oxygen atoms in total. The molecule has 2 unspecified atom stereocenters. The van der Waals surface area contributed by atoms with E-state index in [0.717, 1.165) is 18.5 Å². The molecule has 0 aliphatic carbocycles. The predicted octanol–water partition coefficient (Wildman–Crippen LogP) is 1.43. The van der Waals surface area contributed by atoms with Crippen molar-refractivity contribution in [3.63, 3.8) is 0 Å². The number of aliphatic carboxylic acids is 1. The van der Waals surface area contributed by atoms with Gasteiger partial charge < -0.3 is 25.2 Å². The van der Waals surface area contributed by atoms with Gasteiger partial charge in [0.25, 0.3) is 5.91 Å². The van der Waals surface area contributed by atoms with E-state index in [9.17, 15) is 29.6 Å². The third-order valence-electron chi connectivity index (χ3n) is 6.14. The van der Waals surface area contributed by atoms with E-state index in [0.29, 0.717) is 30.6 Å². The number of carboxylic acid groups (broad SMARTS) is 2. The van der Waals surface area contributed by atoms with E-state index in [-0.39, 0.29) is 29.6 Å². The Balaban J connectivity index is 1.37. The second-order valence-electron chi connectivity index (χ2n) is 8.50. The SMILES string of the molecule is O=C(NC1Cc2cccc(C(=O)O)c2OB1O)c1ccc(CN2CCCC(C(=O)O)C2)cc1. The molecule has 0 saturated carbocycles. The number of carboxylic acids is 2. The fourth-order valence-corrected chi connectivity index (χ4v) is 4.39. The number of hydrogen-bond acceptors (Lipinski definition) is 6. The Hall–Kier alpha value is -3.37. The average molecular weight is 452 g/mol. The number of fused-ring (bicyclic) bond motifs is 1. The van der Waals surface area contributed by atoms with E-state index in [4.69, 9.17) is 4.65 Å². The summed E-state index contributed by atoms with van der Waals surface area (Å²) in [6.07, 6.45) is 1.78. The second kappa shape index (κ2) is 9.64. The fraction of sp³-hybridized carbons (Fsp3) is 0.348. The molecule has 1 fully saturated rings. The Morgan fingerprint density at radius 3 is 2.58 bits per heavy atom. The number of nitrogens with one attached hydrogen (secondary N) is 1. The summed E-state index contributed by atoms with van der Waals surface area (Å²) in [6, 6.07) is 11.8. The number of para-hydroxylation sites is 1. The summed E-state index contributed by atoms with van der Waals surface area (Å²) in [5.41, 5.74) is 1.96. The number of carbonyl (C=O) groups excluding carboxylic acids is 1. The Morgan fingerprint density at radius 1 is 1.12 bits per heavy atom. The molecular weight excluding hydrogens is 427 g/mol. The third-order valence-corrected chi connectivity index (χ3v) is 6.14. The molecular formula is C23H25BN2O7. The van der Waals surface area contributed by atoms with Gasteiger partial charge in [0, 0.05) is 18.7 Å². The van der Waals surface area contributed by atoms with Gasteiger partial charge >= 0.3 is 19.1 Å². The lowest BCUT2D eigenvalue weighted by molar-refractivity contribution is -0.143. The Labute approximate surface area is 191 Å². The first-order valence-corrected chi connectivity index (χ1v) is 10.9. The lowest BCUT2D eigenvalue weighted by atomic mass is 9.72. The minimum absolute atomic E-state index is 0.0321. The van der Waals surface area contributed by atoms with Crippen molar-refractivity contribution < 1.29 is 34.3 Å². The van der Waals surface area contributed by atoms with Crippen LogP contribution < -0.4 is 9.97 Å². The summed E-state index contributed by atoms with van der Waals surface area (Å²) in [4.78, 5) is 37.4. The smallest absolute Gasteiger partial charge is 0.534 e. The van der Waals surface area contributed by atoms with Crippen LogP contribution in [0.15, 0.2) is 42.5 Å². The van der Waals surface area contributed by atoms with E-state index >= 15 is 0 Å². The van der Waals surface area contributed by atoms with Crippen LogP contribution in [0.2, 0.25) is 0 Å². The molecule has 2 aliphatic rings. The summed E-state index contributed by atoms with van der Waals surface area (Å²) in [5, 5.41) is 31.6. The fourth-order valence-electron chi connectivity index (χ4n) is 4.39. The van der Waals surface area contributed by atoms with Gasteiger partial charge in [-0.05, 0) is 55.1 Å². The molecule has 4 rings (SSSR count). The van der Waals surface area contributed by atoms with Crippen molar-refractivity contribution in [1.29, 1.82) is 0 Å². The molecule has 0 bridgehead atoms. The van der Waals surface area contributed by atoms with Gasteiger partial charge in [0.15, 0.2) is 0 Å². The van der Waals surface area contributed by atoms with Gasteiger partial charge in [-0.2, -0.15) is 0 Å². The Bertz CT molecular complexity index is 1060. The van der Waals surface area contributed by atoms with Crippen LogP contribution >= 0.6 is 0 Å². The normalized spacial score (nSPS) is 20.5. The molecule has 33 heavy (non-hydrogen) atoms. The van der Waals surface area contributed by atoms with Gasteiger partial charge in [-0.15, -0.1) is 0 Å². The molecule has 172 valence electrons. The van der Waals surface area contributed by atoms with Crippen LogP contribution in [0.25, 0.3) is 0 Å². The monoisotopic (exact) mass is 452 g/mol. The van der Waals surface area contributed by atoms with Crippen molar-refractivity contribution >= 4 is 25.0 Å². The van der Waals surface area contributed by atoms with E-state index in [1.165, 1.54) is 6.07 Å². The standard InChI is InChI=1S/C23H25BN2O7/c27-21(25-19-11-16-3-1-5-18(23(30)31)20(16)33-24(19)32)15-8-6-14(7-9-15)12-26-10-2-4-17(13-26)22(28)29/h1,3,5-9,17,19,32H,2,4,10-13H2,(H,25,27)(H,28,29)(H,30,31). The van der Waals surface area contributed by atoms with Crippen LogP contribution in [0.1, 0.15) is 44.7 Å². The first kappa shape index (κ1) is 22.8. The van der Waals surface area contributed by atoms with Crippen molar-refractivity contribution in [2.75, 3.05) is 13.1 Å². The Morgan fingerprint density at radius 2 is 1.88 bits per heavy atom. The molecule has 1 saturated heterocycles. The zero-order chi connectivity index (χ0) is 23.5. The van der Waals surface area contributed by atoms with Crippen LogP contribution in [0, 0.1) is 5.92 Å². The average Bonchev–Trinajstić information content (AvgIpc) is 2.79. The van der Waals surface area contributed by atoms with Crippen LogP contribution in [0.5, 0.6) is 5.75 Å². The highest BCUT2D eigenvalue weighted by Gasteiger charge is 2.37. The minimum atomic E-state index is -1.37. The van der Waals surface area contributed by atoms with Crippen LogP contribution in [0.4, 0.5) is 0 Å². The minimum Gasteiger partial charge on any atom is -0.534 e. The summed E-state index contributed by atoms with van der Waals surface area (Å²) in [7, 11) is -1.37. The lowest BCUT2D eigenvalue weighted by Crippen LogP contribution is -2.53. The number of piperidine rings is 1. The van der Waals surface area contributed by atoms with Gasteiger partial charge in [-0.25, -0.2) is 4.79 Å². The lowest BCUT2D eigenvalue weighted by Gasteiger charge is -2.30. The maximum atomic E-state index is 12.7. The second-order valence-corrected chi connectivity index (χ2v) is 8.50. The summed E-state index contributed by atoms with van der Waals surface area (Å²) in [5.74, 6) is -3.24. The van der Waals surface area contributed by atoms with Crippen molar-refractivity contribution in [3.8, 4) is 5.75 Å². The predicted molar refractivity (Wildman–Crippen MR) is 119 cm³/mol. The van der Waals surface area contributed by atoms with Gasteiger partial charge in [0.05, 0.1) is 17.4 Å². The van der Waals surface area contributed by atoms with Crippen molar-refractivity contribution in [2.45, 2.75) is 31.7 Å². The number of nitrogens with zero attached hydrogens (tertiary/aromatic N) is 1. The van der Waals surface area contributed by atoms with Crippen LogP contribution in [-0.4, -0.2) is 64.1 Å². The van der Waals surface area contributed by atoms with Gasteiger partial charge in [-0.1, -0.05) is 24.3 Å². The zero-order valence-corrected chi connectivity index (χ0v) is 17.9. The molecule has 1 amide bonds. The van der Waals surface area contributed by atoms with E-state index in [1.807, 2.05) is 12.1 Å². The molecule has 0 aromatic heterocycles. The highest BCUT2D eigenvalue weighted by atomic mass is 16.5. The Kier molecular flexibility index (Phi) is 6.66. The van der Waals surface area contributed by atoms with Crippen LogP contribution in [-0.2, 0) is 17.8 Å². The highest BCUT2D eigenvalue weighted by Crippen LogP contribution is 2.30. The first-order chi connectivity index (χ1) is 15.8. The number of likely N-dealkylation sites (tertiary alicyclic amines) is 1. The zero-order valence-electron chi connectivity index (χ0n) is 17.9. The number of benzene rings is 2. The molecule has 0 spiro atoms. The van der Waals surface area contributed by atoms with E-state index in [1.54, 1.807) is 24.3 Å². The molecule has 2 aliphatic heterocycles. The quantitative estimate of drug-likeness (QED) is 0.484. The van der Waals surface area contributed by atoms with Crippen molar-refractivity contribution in [1.82, 2.24) is 10.2 Å².